The molecular weight excluding hydrogens is 332 g/mol. The Kier molecular flexibility index (Phi) is 4.99. The molecule has 6 nitrogen and oxygen atoms in total. The number of ether oxygens (including phenoxy) is 1. The fourth-order valence-electron chi connectivity index (χ4n) is 2.43. The summed E-state index contributed by atoms with van der Waals surface area (Å²) in [5, 5.41) is 9.58. The molecule has 0 aliphatic carbocycles. The molecule has 0 spiro atoms. The molecule has 1 aromatic heterocycles. The Bertz CT molecular complexity index is 1030. The van der Waals surface area contributed by atoms with Crippen molar-refractivity contribution in [1.82, 2.24) is 4.90 Å². The summed E-state index contributed by atoms with van der Waals surface area (Å²) in [6.07, 6.45) is 0. The van der Waals surface area contributed by atoms with E-state index >= 15 is 0 Å². The van der Waals surface area contributed by atoms with Gasteiger partial charge in [0.2, 0.25) is 0 Å². The number of amides is 1. The molecule has 0 aliphatic rings. The number of rotatable bonds is 5. The van der Waals surface area contributed by atoms with Gasteiger partial charge in [0.25, 0.3) is 5.91 Å². The third-order valence-electron chi connectivity index (χ3n) is 3.89. The van der Waals surface area contributed by atoms with Crippen LogP contribution in [0.4, 0.5) is 0 Å². The topological polar surface area (TPSA) is 83.5 Å². The summed E-state index contributed by atoms with van der Waals surface area (Å²) in [5.41, 5.74) is 1.47. The van der Waals surface area contributed by atoms with Gasteiger partial charge in [-0.15, -0.1) is 0 Å². The number of nitrogens with zero attached hydrogens (tertiary/aromatic N) is 2. The number of hydrogen-bond donors (Lipinski definition) is 0. The van der Waals surface area contributed by atoms with Crippen molar-refractivity contribution in [3.63, 3.8) is 0 Å². The Hall–Kier alpha value is -3.59. The van der Waals surface area contributed by atoms with E-state index in [0.29, 0.717) is 23.4 Å². The second kappa shape index (κ2) is 7.53. The summed E-state index contributed by atoms with van der Waals surface area (Å²) >= 11 is 0. The maximum absolute atomic E-state index is 12.2. The lowest BCUT2D eigenvalue weighted by Crippen LogP contribution is -2.30. The third kappa shape index (κ3) is 4.08. The zero-order valence-corrected chi connectivity index (χ0v) is 14.1. The van der Waals surface area contributed by atoms with E-state index in [4.69, 9.17) is 14.4 Å². The van der Waals surface area contributed by atoms with Crippen LogP contribution in [0.3, 0.4) is 0 Å². The highest BCUT2D eigenvalue weighted by atomic mass is 16.5. The highest BCUT2D eigenvalue weighted by molar-refractivity contribution is 5.79. The first-order chi connectivity index (χ1) is 12.5. The van der Waals surface area contributed by atoms with E-state index in [9.17, 15) is 9.59 Å². The van der Waals surface area contributed by atoms with Crippen LogP contribution in [0.5, 0.6) is 5.75 Å². The quantitative estimate of drug-likeness (QED) is 0.662. The zero-order chi connectivity index (χ0) is 18.5. The molecule has 0 bridgehead atoms. The van der Waals surface area contributed by atoms with E-state index in [1.165, 1.54) is 6.07 Å². The summed E-state index contributed by atoms with van der Waals surface area (Å²) < 4.78 is 10.6. The molecule has 26 heavy (non-hydrogen) atoms. The van der Waals surface area contributed by atoms with Gasteiger partial charge in [0.15, 0.2) is 6.61 Å². The van der Waals surface area contributed by atoms with Crippen LogP contribution < -0.4 is 10.4 Å². The summed E-state index contributed by atoms with van der Waals surface area (Å²) in [5.74, 6) is 0.260. The first kappa shape index (κ1) is 17.2. The van der Waals surface area contributed by atoms with Crippen LogP contribution in [0.1, 0.15) is 11.1 Å². The number of benzene rings is 2. The summed E-state index contributed by atoms with van der Waals surface area (Å²) in [4.78, 5) is 25.1. The van der Waals surface area contributed by atoms with Crippen molar-refractivity contribution in [2.24, 2.45) is 0 Å². The number of carbonyl (C=O) groups excluding carboxylic acids is 1. The van der Waals surface area contributed by atoms with E-state index in [-0.39, 0.29) is 12.5 Å². The van der Waals surface area contributed by atoms with Crippen LogP contribution in [0.15, 0.2) is 63.8 Å². The first-order valence-electron chi connectivity index (χ1n) is 7.95. The van der Waals surface area contributed by atoms with E-state index in [2.05, 4.69) is 6.07 Å². The second-order valence-corrected chi connectivity index (χ2v) is 5.80. The molecule has 2 aromatic carbocycles. The molecule has 0 aliphatic heterocycles. The van der Waals surface area contributed by atoms with Gasteiger partial charge in [-0.25, -0.2) is 4.79 Å². The van der Waals surface area contributed by atoms with Gasteiger partial charge < -0.3 is 14.1 Å². The molecule has 3 rings (SSSR count). The van der Waals surface area contributed by atoms with Crippen LogP contribution in [0.2, 0.25) is 0 Å². The molecule has 0 unspecified atom stereocenters. The van der Waals surface area contributed by atoms with Crippen LogP contribution in [0.25, 0.3) is 11.0 Å². The maximum Gasteiger partial charge on any atom is 0.336 e. The van der Waals surface area contributed by atoms with Crippen LogP contribution in [-0.2, 0) is 11.3 Å². The van der Waals surface area contributed by atoms with E-state index in [1.807, 2.05) is 12.1 Å². The number of hydrogen-bond acceptors (Lipinski definition) is 5. The van der Waals surface area contributed by atoms with Crippen molar-refractivity contribution in [3.05, 3.63) is 76.1 Å². The highest BCUT2D eigenvalue weighted by Crippen LogP contribution is 2.19. The van der Waals surface area contributed by atoms with Crippen molar-refractivity contribution in [2.45, 2.75) is 6.54 Å². The van der Waals surface area contributed by atoms with Crippen LogP contribution in [-0.4, -0.2) is 24.5 Å². The Morgan fingerprint density at radius 2 is 1.88 bits per heavy atom. The van der Waals surface area contributed by atoms with E-state index in [0.717, 1.165) is 10.9 Å². The lowest BCUT2D eigenvalue weighted by Gasteiger charge is -2.17. The van der Waals surface area contributed by atoms with Gasteiger partial charge in [-0.3, -0.25) is 4.79 Å². The number of carbonyl (C=O) groups is 1. The van der Waals surface area contributed by atoms with Crippen molar-refractivity contribution >= 4 is 16.9 Å². The van der Waals surface area contributed by atoms with Gasteiger partial charge in [0, 0.05) is 31.1 Å². The molecule has 1 heterocycles. The largest absolute Gasteiger partial charge is 0.484 e. The zero-order valence-electron chi connectivity index (χ0n) is 14.1. The molecule has 130 valence electrons. The van der Waals surface area contributed by atoms with Gasteiger partial charge in [-0.1, -0.05) is 12.1 Å². The number of likely N-dealkylation sites (N-methyl/N-ethyl adjacent to an activating group) is 1. The SMILES string of the molecule is CN(Cc1ccc(C#N)cc1)C(=O)COc1ccc2ccc(=O)oc2c1. The summed E-state index contributed by atoms with van der Waals surface area (Å²) in [6.45, 7) is 0.288. The standard InChI is InChI=1S/C20H16N2O4/c1-22(12-15-4-2-14(11-21)3-5-15)19(23)13-25-17-8-6-16-7-9-20(24)26-18(16)10-17/h2-10H,12-13H2,1H3. The normalized spacial score (nSPS) is 10.3. The first-order valence-corrected chi connectivity index (χ1v) is 7.95. The average molecular weight is 348 g/mol. The smallest absolute Gasteiger partial charge is 0.336 e. The highest BCUT2D eigenvalue weighted by Gasteiger charge is 2.11. The molecule has 3 aromatic rings. The summed E-state index contributed by atoms with van der Waals surface area (Å²) in [7, 11) is 1.68. The fraction of sp³-hybridized carbons (Fsp3) is 0.150. The molecule has 0 saturated heterocycles. The maximum atomic E-state index is 12.2. The lowest BCUT2D eigenvalue weighted by atomic mass is 10.1. The Morgan fingerprint density at radius 3 is 2.62 bits per heavy atom. The van der Waals surface area contributed by atoms with E-state index < -0.39 is 5.63 Å². The predicted octanol–water partition coefficient (Wildman–Crippen LogP) is 2.70. The molecule has 0 saturated carbocycles. The minimum atomic E-state index is -0.437. The van der Waals surface area contributed by atoms with Gasteiger partial charge in [0.05, 0.1) is 11.6 Å². The lowest BCUT2D eigenvalue weighted by molar-refractivity contribution is -0.132. The van der Waals surface area contributed by atoms with Gasteiger partial charge in [0.1, 0.15) is 11.3 Å². The van der Waals surface area contributed by atoms with Crippen molar-refractivity contribution in [2.75, 3.05) is 13.7 Å². The minimum absolute atomic E-state index is 0.130. The molecule has 0 radical (unpaired) electrons. The monoisotopic (exact) mass is 348 g/mol. The average Bonchev–Trinajstić information content (AvgIpc) is 2.66. The van der Waals surface area contributed by atoms with Crippen LogP contribution >= 0.6 is 0 Å². The number of fused-ring (bicyclic) bond motifs is 1. The Balaban J connectivity index is 1.60. The van der Waals surface area contributed by atoms with Gasteiger partial charge in [-0.2, -0.15) is 5.26 Å². The summed E-state index contributed by atoms with van der Waals surface area (Å²) in [6, 6.07) is 17.2. The Labute approximate surface area is 149 Å². The van der Waals surface area contributed by atoms with Gasteiger partial charge in [-0.05, 0) is 35.9 Å². The third-order valence-corrected chi connectivity index (χ3v) is 3.89. The molecule has 1 amide bonds. The molecular formula is C20H16N2O4. The van der Waals surface area contributed by atoms with Crippen molar-refractivity contribution < 1.29 is 13.9 Å². The second-order valence-electron chi connectivity index (χ2n) is 5.80. The molecule has 0 fully saturated rings. The molecule has 6 heteroatoms. The van der Waals surface area contributed by atoms with Gasteiger partial charge >= 0.3 is 5.63 Å². The predicted molar refractivity (Wildman–Crippen MR) is 95.6 cm³/mol. The Morgan fingerprint density at radius 1 is 1.15 bits per heavy atom. The minimum Gasteiger partial charge on any atom is -0.484 e. The van der Waals surface area contributed by atoms with E-state index in [1.54, 1.807) is 48.3 Å². The van der Waals surface area contributed by atoms with Crippen molar-refractivity contribution in [3.8, 4) is 11.8 Å². The number of nitriles is 1. The molecule has 0 atom stereocenters. The fourth-order valence-corrected chi connectivity index (χ4v) is 2.43. The molecule has 0 N–H and O–H groups in total. The van der Waals surface area contributed by atoms with Crippen molar-refractivity contribution in [1.29, 1.82) is 5.26 Å². The van der Waals surface area contributed by atoms with Crippen LogP contribution in [0, 0.1) is 11.3 Å².